The number of hydrogen-bond acceptors (Lipinski definition) is 4. The fourth-order valence-corrected chi connectivity index (χ4v) is 3.33. The zero-order chi connectivity index (χ0) is 19.1. The number of alkyl carbamates (subject to hydrolysis) is 1. The van der Waals surface area contributed by atoms with E-state index in [1.807, 2.05) is 6.92 Å². The predicted octanol–water partition coefficient (Wildman–Crippen LogP) is 3.36. The molecule has 140 valence electrons. The maximum atomic E-state index is 12.8. The van der Waals surface area contributed by atoms with Gasteiger partial charge in [-0.1, -0.05) is 25.0 Å². The first-order chi connectivity index (χ1) is 12.2. The molecule has 26 heavy (non-hydrogen) atoms. The first-order valence-corrected chi connectivity index (χ1v) is 9.14. The van der Waals surface area contributed by atoms with Gasteiger partial charge in [-0.25, -0.2) is 4.79 Å². The second-order valence-electron chi connectivity index (χ2n) is 8.21. The van der Waals surface area contributed by atoms with Gasteiger partial charge < -0.3 is 10.1 Å². The van der Waals surface area contributed by atoms with Gasteiger partial charge in [-0.3, -0.25) is 14.5 Å². The summed E-state index contributed by atoms with van der Waals surface area (Å²) in [5.41, 5.74) is 0.260. The minimum Gasteiger partial charge on any atom is -0.444 e. The summed E-state index contributed by atoms with van der Waals surface area (Å²) in [4.78, 5) is 39.1. The van der Waals surface area contributed by atoms with E-state index in [1.54, 1.807) is 45.0 Å². The lowest BCUT2D eigenvalue weighted by Crippen LogP contribution is -2.53. The van der Waals surface area contributed by atoms with E-state index in [2.05, 4.69) is 5.32 Å². The van der Waals surface area contributed by atoms with Crippen LogP contribution >= 0.6 is 0 Å². The molecule has 0 saturated heterocycles. The van der Waals surface area contributed by atoms with Gasteiger partial charge >= 0.3 is 6.09 Å². The highest BCUT2D eigenvalue weighted by molar-refractivity contribution is 6.21. The van der Waals surface area contributed by atoms with Crippen LogP contribution in [-0.2, 0) is 4.74 Å². The minimum atomic E-state index is -0.606. The van der Waals surface area contributed by atoms with Crippen LogP contribution in [0.25, 0.3) is 0 Å². The summed E-state index contributed by atoms with van der Waals surface area (Å²) >= 11 is 0. The third-order valence-corrected chi connectivity index (χ3v) is 4.75. The maximum Gasteiger partial charge on any atom is 0.407 e. The molecule has 1 aromatic rings. The number of amides is 3. The van der Waals surface area contributed by atoms with Crippen LogP contribution in [0.3, 0.4) is 0 Å². The molecular weight excluding hydrogens is 332 g/mol. The van der Waals surface area contributed by atoms with E-state index in [0.717, 1.165) is 12.8 Å². The van der Waals surface area contributed by atoms with Gasteiger partial charge in [0.1, 0.15) is 5.60 Å². The van der Waals surface area contributed by atoms with Crippen molar-refractivity contribution < 1.29 is 19.1 Å². The quantitative estimate of drug-likeness (QED) is 0.819. The van der Waals surface area contributed by atoms with Crippen LogP contribution < -0.4 is 5.32 Å². The molecule has 0 bridgehead atoms. The van der Waals surface area contributed by atoms with E-state index in [4.69, 9.17) is 4.74 Å². The molecule has 2 aliphatic rings. The molecule has 1 aliphatic heterocycles. The van der Waals surface area contributed by atoms with E-state index in [1.165, 1.54) is 4.90 Å². The van der Waals surface area contributed by atoms with Crippen molar-refractivity contribution >= 4 is 17.9 Å². The molecule has 6 nitrogen and oxygen atoms in total. The number of carbonyl (C=O) groups is 3. The Kier molecular flexibility index (Phi) is 4.78. The number of hydrogen-bond donors (Lipinski definition) is 1. The van der Waals surface area contributed by atoms with Gasteiger partial charge in [0.25, 0.3) is 11.8 Å². The molecule has 1 aliphatic carbocycles. The van der Waals surface area contributed by atoms with Crippen molar-refractivity contribution in [3.8, 4) is 0 Å². The number of fused-ring (bicyclic) bond motifs is 1. The molecule has 3 rings (SSSR count). The fourth-order valence-electron chi connectivity index (χ4n) is 3.33. The van der Waals surface area contributed by atoms with Crippen molar-refractivity contribution in [2.24, 2.45) is 5.92 Å². The van der Waals surface area contributed by atoms with Gasteiger partial charge in [0.05, 0.1) is 23.2 Å². The molecule has 1 saturated carbocycles. The maximum absolute atomic E-state index is 12.8. The van der Waals surface area contributed by atoms with E-state index >= 15 is 0 Å². The van der Waals surface area contributed by atoms with Crippen LogP contribution in [0.1, 0.15) is 67.7 Å². The molecule has 1 aromatic carbocycles. The summed E-state index contributed by atoms with van der Waals surface area (Å²) in [6.07, 6.45) is 2.35. The molecule has 2 atom stereocenters. The largest absolute Gasteiger partial charge is 0.444 e. The average molecular weight is 358 g/mol. The normalized spacial score (nSPS) is 19.2. The van der Waals surface area contributed by atoms with Crippen LogP contribution in [0.5, 0.6) is 0 Å². The van der Waals surface area contributed by atoms with E-state index in [0.29, 0.717) is 23.5 Å². The van der Waals surface area contributed by atoms with Gasteiger partial charge in [-0.15, -0.1) is 0 Å². The molecule has 1 N–H and O–H groups in total. The third kappa shape index (κ3) is 3.89. The molecular formula is C20H26N2O4. The standard InChI is InChI=1S/C20H26N2O4/c1-12(21-19(25)26-20(2,3)4)16(11-13-9-10-13)22-17(23)14-7-5-6-8-15(14)18(22)24/h5-8,12-13,16H,9-11H2,1-4H3,(H,21,25)/t12-,16+/m0/s1. The minimum absolute atomic E-state index is 0.283. The molecule has 1 fully saturated rings. The molecule has 0 unspecified atom stereocenters. The Morgan fingerprint density at radius 3 is 2.19 bits per heavy atom. The third-order valence-electron chi connectivity index (χ3n) is 4.75. The number of carbonyl (C=O) groups excluding carboxylic acids is 3. The molecule has 1 heterocycles. The Hall–Kier alpha value is -2.37. The predicted molar refractivity (Wildman–Crippen MR) is 96.9 cm³/mol. The van der Waals surface area contributed by atoms with Gasteiger partial charge in [-0.2, -0.15) is 0 Å². The van der Waals surface area contributed by atoms with Crippen LogP contribution in [0.15, 0.2) is 24.3 Å². The highest BCUT2D eigenvalue weighted by Gasteiger charge is 2.44. The number of nitrogens with zero attached hydrogens (tertiary/aromatic N) is 1. The Bertz CT molecular complexity index is 699. The van der Waals surface area contributed by atoms with Gasteiger partial charge in [0.2, 0.25) is 0 Å². The number of imide groups is 1. The number of rotatable bonds is 5. The lowest BCUT2D eigenvalue weighted by Gasteiger charge is -2.32. The summed E-state index contributed by atoms with van der Waals surface area (Å²) < 4.78 is 5.32. The Balaban J connectivity index is 1.79. The van der Waals surface area contributed by atoms with E-state index < -0.39 is 17.7 Å². The summed E-state index contributed by atoms with van der Waals surface area (Å²) in [7, 11) is 0. The van der Waals surface area contributed by atoms with Gasteiger partial charge in [0.15, 0.2) is 0 Å². The first-order valence-electron chi connectivity index (χ1n) is 9.14. The average Bonchev–Trinajstić information content (AvgIpc) is 3.32. The zero-order valence-corrected chi connectivity index (χ0v) is 15.7. The highest BCUT2D eigenvalue weighted by Crippen LogP contribution is 2.37. The molecule has 6 heteroatoms. The monoisotopic (exact) mass is 358 g/mol. The Morgan fingerprint density at radius 2 is 1.73 bits per heavy atom. The van der Waals surface area contributed by atoms with E-state index in [-0.39, 0.29) is 17.9 Å². The van der Waals surface area contributed by atoms with Crippen molar-refractivity contribution in [2.45, 2.75) is 64.6 Å². The SMILES string of the molecule is C[C@H](NC(=O)OC(C)(C)C)[C@@H](CC1CC1)N1C(=O)c2ccccc2C1=O. The number of nitrogens with one attached hydrogen (secondary N) is 1. The van der Waals surface area contributed by atoms with Crippen molar-refractivity contribution in [3.05, 3.63) is 35.4 Å². The highest BCUT2D eigenvalue weighted by atomic mass is 16.6. The summed E-state index contributed by atoms with van der Waals surface area (Å²) in [5.74, 6) is -0.0737. The number of ether oxygens (including phenoxy) is 1. The summed E-state index contributed by atoms with van der Waals surface area (Å²) in [6.45, 7) is 7.20. The van der Waals surface area contributed by atoms with Crippen LogP contribution in [0.4, 0.5) is 4.79 Å². The summed E-state index contributed by atoms with van der Waals surface area (Å²) in [6, 6.07) is 6.08. The molecule has 0 aromatic heterocycles. The van der Waals surface area contributed by atoms with Crippen molar-refractivity contribution in [1.82, 2.24) is 10.2 Å². The number of benzene rings is 1. The fraction of sp³-hybridized carbons (Fsp3) is 0.550. The van der Waals surface area contributed by atoms with Gasteiger partial charge in [-0.05, 0) is 52.2 Å². The molecule has 0 radical (unpaired) electrons. The van der Waals surface area contributed by atoms with Crippen LogP contribution in [0, 0.1) is 5.92 Å². The Labute approximate surface area is 153 Å². The lowest BCUT2D eigenvalue weighted by molar-refractivity contribution is 0.0410. The molecule has 3 amide bonds. The topological polar surface area (TPSA) is 75.7 Å². The smallest absolute Gasteiger partial charge is 0.407 e. The summed E-state index contributed by atoms with van der Waals surface area (Å²) in [5, 5.41) is 2.81. The van der Waals surface area contributed by atoms with E-state index in [9.17, 15) is 14.4 Å². The van der Waals surface area contributed by atoms with Crippen molar-refractivity contribution in [3.63, 3.8) is 0 Å². The van der Waals surface area contributed by atoms with Gasteiger partial charge in [0, 0.05) is 0 Å². The Morgan fingerprint density at radius 1 is 1.19 bits per heavy atom. The lowest BCUT2D eigenvalue weighted by atomic mass is 10.0. The van der Waals surface area contributed by atoms with Crippen molar-refractivity contribution in [2.75, 3.05) is 0 Å². The van der Waals surface area contributed by atoms with Crippen LogP contribution in [0.2, 0.25) is 0 Å². The second kappa shape index (κ2) is 6.74. The molecule has 0 spiro atoms. The van der Waals surface area contributed by atoms with Crippen molar-refractivity contribution in [1.29, 1.82) is 0 Å². The zero-order valence-electron chi connectivity index (χ0n) is 15.7. The second-order valence-corrected chi connectivity index (χ2v) is 8.21. The van der Waals surface area contributed by atoms with Crippen LogP contribution in [-0.4, -0.2) is 40.5 Å². The first kappa shape index (κ1) is 18.4.